The number of hydrogen-bond acceptors (Lipinski definition) is 7. The topological polar surface area (TPSA) is 117 Å². The van der Waals surface area contributed by atoms with E-state index in [-0.39, 0.29) is 11.5 Å². The number of nitrogens with one attached hydrogen (secondary N) is 1. The fourth-order valence-corrected chi connectivity index (χ4v) is 3.42. The molecule has 0 spiro atoms. The first-order chi connectivity index (χ1) is 14.5. The summed E-state index contributed by atoms with van der Waals surface area (Å²) >= 11 is 0. The molecule has 0 bridgehead atoms. The quantitative estimate of drug-likeness (QED) is 0.480. The molecule has 5 aromatic rings. The monoisotopic (exact) mass is 398 g/mol. The SMILES string of the molecule is Cn1cc2ccc(Nc3nc(-c4cnc(N)nc4)cc4ccn(C)c(=O)c34)cc2n1. The summed E-state index contributed by atoms with van der Waals surface area (Å²) in [6.07, 6.45) is 6.91. The average Bonchev–Trinajstić information content (AvgIpc) is 3.10. The molecule has 3 N–H and O–H groups in total. The van der Waals surface area contributed by atoms with Crippen molar-refractivity contribution >= 4 is 39.1 Å². The van der Waals surface area contributed by atoms with E-state index < -0.39 is 0 Å². The van der Waals surface area contributed by atoms with Gasteiger partial charge in [-0.05, 0) is 35.7 Å². The number of nitrogen functional groups attached to an aromatic ring is 1. The van der Waals surface area contributed by atoms with Crippen LogP contribution in [0.1, 0.15) is 0 Å². The van der Waals surface area contributed by atoms with Crippen LogP contribution in [-0.2, 0) is 14.1 Å². The largest absolute Gasteiger partial charge is 0.368 e. The molecule has 148 valence electrons. The second kappa shape index (κ2) is 6.66. The van der Waals surface area contributed by atoms with Crippen LogP contribution < -0.4 is 16.6 Å². The molecule has 4 heterocycles. The molecule has 0 radical (unpaired) electrons. The van der Waals surface area contributed by atoms with E-state index in [1.54, 1.807) is 30.3 Å². The van der Waals surface area contributed by atoms with E-state index in [4.69, 9.17) is 10.7 Å². The summed E-state index contributed by atoms with van der Waals surface area (Å²) in [6.45, 7) is 0. The number of aryl methyl sites for hydroxylation is 2. The summed E-state index contributed by atoms with van der Waals surface area (Å²) in [7, 11) is 3.59. The van der Waals surface area contributed by atoms with Crippen LogP contribution >= 0.6 is 0 Å². The number of nitrogens with two attached hydrogens (primary N) is 1. The standard InChI is InChI=1S/C21H18N8O/c1-28-6-5-12-7-16(14-9-23-21(22)24-10-14)26-19(18(12)20(28)30)25-15-4-3-13-11-29(2)27-17(13)8-15/h3-11H,1-2H3,(H,25,26)(H2,22,23,24). The number of rotatable bonds is 3. The Morgan fingerprint density at radius 2 is 1.83 bits per heavy atom. The van der Waals surface area contributed by atoms with Crippen LogP contribution in [0.2, 0.25) is 0 Å². The molecule has 0 aliphatic carbocycles. The van der Waals surface area contributed by atoms with Crippen LogP contribution in [0.5, 0.6) is 0 Å². The summed E-state index contributed by atoms with van der Waals surface area (Å²) in [5.74, 6) is 0.645. The fraction of sp³-hybridized carbons (Fsp3) is 0.0952. The smallest absolute Gasteiger partial charge is 0.261 e. The summed E-state index contributed by atoms with van der Waals surface area (Å²) in [4.78, 5) is 25.7. The van der Waals surface area contributed by atoms with Crippen molar-refractivity contribution in [3.05, 3.63) is 65.5 Å². The van der Waals surface area contributed by atoms with E-state index in [1.807, 2.05) is 43.6 Å². The van der Waals surface area contributed by atoms with Gasteiger partial charge in [-0.3, -0.25) is 9.48 Å². The summed E-state index contributed by atoms with van der Waals surface area (Å²) in [5.41, 5.74) is 8.44. The van der Waals surface area contributed by atoms with E-state index in [0.717, 1.165) is 22.0 Å². The van der Waals surface area contributed by atoms with Gasteiger partial charge in [-0.15, -0.1) is 0 Å². The Kier molecular flexibility index (Phi) is 3.95. The lowest BCUT2D eigenvalue weighted by Gasteiger charge is -2.12. The number of nitrogens with zero attached hydrogens (tertiary/aromatic N) is 6. The Balaban J connectivity index is 1.69. The van der Waals surface area contributed by atoms with Crippen molar-refractivity contribution in [2.24, 2.45) is 14.1 Å². The molecule has 9 nitrogen and oxygen atoms in total. The minimum absolute atomic E-state index is 0.137. The van der Waals surface area contributed by atoms with E-state index >= 15 is 0 Å². The normalized spacial score (nSPS) is 11.3. The van der Waals surface area contributed by atoms with Gasteiger partial charge in [0.2, 0.25) is 5.95 Å². The minimum Gasteiger partial charge on any atom is -0.368 e. The summed E-state index contributed by atoms with van der Waals surface area (Å²) in [6, 6.07) is 9.56. The van der Waals surface area contributed by atoms with Crippen LogP contribution in [0, 0.1) is 0 Å². The Bertz CT molecular complexity index is 1470. The van der Waals surface area contributed by atoms with Gasteiger partial charge >= 0.3 is 0 Å². The van der Waals surface area contributed by atoms with Crippen molar-refractivity contribution in [1.29, 1.82) is 0 Å². The molecule has 1 aromatic carbocycles. The zero-order valence-corrected chi connectivity index (χ0v) is 16.4. The van der Waals surface area contributed by atoms with Gasteiger partial charge in [-0.1, -0.05) is 0 Å². The molecule has 0 aliphatic heterocycles. The first-order valence-corrected chi connectivity index (χ1v) is 9.27. The molecule has 0 saturated heterocycles. The third-order valence-electron chi connectivity index (χ3n) is 4.91. The lowest BCUT2D eigenvalue weighted by atomic mass is 10.1. The Labute approximate surface area is 170 Å². The average molecular weight is 398 g/mol. The van der Waals surface area contributed by atoms with Crippen molar-refractivity contribution < 1.29 is 0 Å². The molecule has 0 saturated carbocycles. The Hall–Kier alpha value is -4.27. The molecule has 5 rings (SSSR count). The second-order valence-electron chi connectivity index (χ2n) is 7.08. The highest BCUT2D eigenvalue weighted by Crippen LogP contribution is 2.28. The highest BCUT2D eigenvalue weighted by atomic mass is 16.1. The lowest BCUT2D eigenvalue weighted by molar-refractivity contribution is 0.780. The maximum absolute atomic E-state index is 12.9. The van der Waals surface area contributed by atoms with Gasteiger partial charge in [-0.25, -0.2) is 15.0 Å². The van der Waals surface area contributed by atoms with Crippen LogP contribution in [0.15, 0.2) is 59.9 Å². The van der Waals surface area contributed by atoms with Gasteiger partial charge in [-0.2, -0.15) is 5.10 Å². The number of aromatic nitrogens is 6. The molecule has 0 atom stereocenters. The van der Waals surface area contributed by atoms with Gasteiger partial charge < -0.3 is 15.6 Å². The lowest BCUT2D eigenvalue weighted by Crippen LogP contribution is -2.17. The zero-order valence-electron chi connectivity index (χ0n) is 16.4. The van der Waals surface area contributed by atoms with Crippen molar-refractivity contribution in [3.8, 4) is 11.3 Å². The summed E-state index contributed by atoms with van der Waals surface area (Å²) in [5, 5.41) is 10.0. The maximum Gasteiger partial charge on any atom is 0.261 e. The van der Waals surface area contributed by atoms with Crippen LogP contribution in [0.3, 0.4) is 0 Å². The number of fused-ring (bicyclic) bond motifs is 2. The third-order valence-corrected chi connectivity index (χ3v) is 4.91. The van der Waals surface area contributed by atoms with E-state index in [9.17, 15) is 4.79 Å². The van der Waals surface area contributed by atoms with Crippen molar-refractivity contribution in [2.75, 3.05) is 11.1 Å². The zero-order chi connectivity index (χ0) is 20.8. The predicted molar refractivity (Wildman–Crippen MR) is 116 cm³/mol. The molecular formula is C21H18N8O. The van der Waals surface area contributed by atoms with E-state index in [1.165, 1.54) is 4.57 Å². The molecule has 0 amide bonds. The van der Waals surface area contributed by atoms with Crippen molar-refractivity contribution in [2.45, 2.75) is 0 Å². The summed E-state index contributed by atoms with van der Waals surface area (Å²) < 4.78 is 3.29. The van der Waals surface area contributed by atoms with Gasteiger partial charge in [0.15, 0.2) is 0 Å². The Morgan fingerprint density at radius 1 is 1.03 bits per heavy atom. The van der Waals surface area contributed by atoms with Crippen LogP contribution in [0.25, 0.3) is 32.9 Å². The maximum atomic E-state index is 12.9. The first kappa shape index (κ1) is 17.8. The number of hydrogen-bond donors (Lipinski definition) is 2. The highest BCUT2D eigenvalue weighted by molar-refractivity contribution is 5.95. The number of pyridine rings is 2. The molecule has 0 unspecified atom stereocenters. The molecular weight excluding hydrogens is 380 g/mol. The van der Waals surface area contributed by atoms with Crippen LogP contribution in [-0.4, -0.2) is 29.3 Å². The third kappa shape index (κ3) is 3.02. The van der Waals surface area contributed by atoms with Gasteiger partial charge in [0.05, 0.1) is 16.6 Å². The molecule has 30 heavy (non-hydrogen) atoms. The van der Waals surface area contributed by atoms with E-state index in [0.29, 0.717) is 22.5 Å². The second-order valence-corrected chi connectivity index (χ2v) is 7.08. The minimum atomic E-state index is -0.137. The Morgan fingerprint density at radius 3 is 2.63 bits per heavy atom. The molecule has 4 aromatic heterocycles. The molecule has 0 fully saturated rings. The van der Waals surface area contributed by atoms with E-state index in [2.05, 4.69) is 20.4 Å². The van der Waals surface area contributed by atoms with Crippen molar-refractivity contribution in [1.82, 2.24) is 29.3 Å². The predicted octanol–water partition coefficient (Wildman–Crippen LogP) is 2.60. The molecule has 9 heteroatoms. The molecule has 0 aliphatic rings. The van der Waals surface area contributed by atoms with Gasteiger partial charge in [0.25, 0.3) is 5.56 Å². The highest BCUT2D eigenvalue weighted by Gasteiger charge is 2.13. The van der Waals surface area contributed by atoms with Gasteiger partial charge in [0.1, 0.15) is 5.82 Å². The van der Waals surface area contributed by atoms with Crippen LogP contribution in [0.4, 0.5) is 17.5 Å². The fourth-order valence-electron chi connectivity index (χ4n) is 3.42. The van der Waals surface area contributed by atoms with Gasteiger partial charge in [0, 0.05) is 55.5 Å². The van der Waals surface area contributed by atoms with Crippen molar-refractivity contribution in [3.63, 3.8) is 0 Å². The number of anilines is 3. The first-order valence-electron chi connectivity index (χ1n) is 9.27. The number of benzene rings is 1.